The Hall–Kier alpha value is -3.57. The van der Waals surface area contributed by atoms with Crippen molar-refractivity contribution in [2.24, 2.45) is 0 Å². The maximum Gasteiger partial charge on any atom is 0.160 e. The molecule has 1 atom stereocenters. The molecule has 5 heteroatoms. The van der Waals surface area contributed by atoms with E-state index in [1.807, 2.05) is 41.1 Å². The molecule has 4 heterocycles. The first-order valence-electron chi connectivity index (χ1n) is 9.76. The number of rotatable bonds is 1. The summed E-state index contributed by atoms with van der Waals surface area (Å²) < 4.78 is 1.94. The zero-order valence-electron chi connectivity index (χ0n) is 15.9. The SMILES string of the molecule is c1ccc2c(c1)CNCC2c1ccn2cnnc2c1.c1ccc2ncccc2c1. The third kappa shape index (κ3) is 3.60. The fourth-order valence-corrected chi connectivity index (χ4v) is 3.86. The van der Waals surface area contributed by atoms with Gasteiger partial charge in [-0.15, -0.1) is 10.2 Å². The average molecular weight is 379 g/mol. The minimum atomic E-state index is 0.395. The Kier molecular flexibility index (Phi) is 4.72. The van der Waals surface area contributed by atoms with Crippen LogP contribution in [-0.2, 0) is 6.54 Å². The third-order valence-electron chi connectivity index (χ3n) is 5.33. The van der Waals surface area contributed by atoms with Crippen LogP contribution in [0.25, 0.3) is 16.6 Å². The molecule has 29 heavy (non-hydrogen) atoms. The Morgan fingerprint density at radius 3 is 2.76 bits per heavy atom. The minimum Gasteiger partial charge on any atom is -0.312 e. The van der Waals surface area contributed by atoms with Gasteiger partial charge in [0, 0.05) is 36.8 Å². The topological polar surface area (TPSA) is 55.1 Å². The van der Waals surface area contributed by atoms with Crippen molar-refractivity contribution in [3.8, 4) is 0 Å². The molecule has 0 aliphatic carbocycles. The van der Waals surface area contributed by atoms with Gasteiger partial charge in [0.05, 0.1) is 5.52 Å². The molecular formula is C24H21N5. The summed E-state index contributed by atoms with van der Waals surface area (Å²) >= 11 is 0. The molecule has 6 rings (SSSR count). The number of benzene rings is 2. The highest BCUT2D eigenvalue weighted by molar-refractivity contribution is 5.77. The summed E-state index contributed by atoms with van der Waals surface area (Å²) in [7, 11) is 0. The van der Waals surface area contributed by atoms with Gasteiger partial charge < -0.3 is 5.32 Å². The summed E-state index contributed by atoms with van der Waals surface area (Å²) in [4.78, 5) is 4.18. The van der Waals surface area contributed by atoms with Crippen molar-refractivity contribution >= 4 is 16.6 Å². The van der Waals surface area contributed by atoms with Gasteiger partial charge in [-0.25, -0.2) is 0 Å². The maximum atomic E-state index is 4.18. The fourth-order valence-electron chi connectivity index (χ4n) is 3.86. The van der Waals surface area contributed by atoms with Crippen LogP contribution < -0.4 is 5.32 Å². The molecule has 5 aromatic rings. The van der Waals surface area contributed by atoms with Crippen LogP contribution in [0.3, 0.4) is 0 Å². The summed E-state index contributed by atoms with van der Waals surface area (Å²) in [6, 6.07) is 25.0. The predicted molar refractivity (Wildman–Crippen MR) is 115 cm³/mol. The molecule has 0 saturated heterocycles. The largest absolute Gasteiger partial charge is 0.312 e. The van der Waals surface area contributed by atoms with Crippen LogP contribution in [0.15, 0.2) is 91.5 Å². The molecule has 5 nitrogen and oxygen atoms in total. The highest BCUT2D eigenvalue weighted by Gasteiger charge is 2.21. The predicted octanol–water partition coefficient (Wildman–Crippen LogP) is 4.20. The van der Waals surface area contributed by atoms with Gasteiger partial charge in [-0.1, -0.05) is 48.5 Å². The van der Waals surface area contributed by atoms with E-state index in [4.69, 9.17) is 0 Å². The highest BCUT2D eigenvalue weighted by atomic mass is 15.2. The van der Waals surface area contributed by atoms with Gasteiger partial charge in [-0.2, -0.15) is 0 Å². The highest BCUT2D eigenvalue weighted by Crippen LogP contribution is 2.30. The van der Waals surface area contributed by atoms with Gasteiger partial charge >= 0.3 is 0 Å². The third-order valence-corrected chi connectivity index (χ3v) is 5.33. The van der Waals surface area contributed by atoms with Crippen molar-refractivity contribution < 1.29 is 0 Å². The number of nitrogens with zero attached hydrogens (tertiary/aromatic N) is 4. The van der Waals surface area contributed by atoms with E-state index in [9.17, 15) is 0 Å². The van der Waals surface area contributed by atoms with Crippen LogP contribution in [0.1, 0.15) is 22.6 Å². The number of aromatic nitrogens is 4. The van der Waals surface area contributed by atoms with Crippen molar-refractivity contribution in [1.29, 1.82) is 0 Å². The number of pyridine rings is 2. The molecule has 1 unspecified atom stereocenters. The number of fused-ring (bicyclic) bond motifs is 3. The van der Waals surface area contributed by atoms with Crippen molar-refractivity contribution in [2.45, 2.75) is 12.5 Å². The fraction of sp³-hybridized carbons (Fsp3) is 0.125. The number of para-hydroxylation sites is 1. The van der Waals surface area contributed by atoms with Crippen LogP contribution in [0.5, 0.6) is 0 Å². The average Bonchev–Trinajstić information content (AvgIpc) is 3.27. The molecule has 3 aromatic heterocycles. The molecule has 0 bridgehead atoms. The second-order valence-electron chi connectivity index (χ2n) is 7.13. The Bertz CT molecular complexity index is 1190. The van der Waals surface area contributed by atoms with E-state index < -0.39 is 0 Å². The first kappa shape index (κ1) is 17.5. The van der Waals surface area contributed by atoms with E-state index in [2.05, 4.69) is 69.0 Å². The lowest BCUT2D eigenvalue weighted by Crippen LogP contribution is -2.28. The van der Waals surface area contributed by atoms with Crippen molar-refractivity contribution in [3.63, 3.8) is 0 Å². The molecule has 1 N–H and O–H groups in total. The van der Waals surface area contributed by atoms with E-state index >= 15 is 0 Å². The lowest BCUT2D eigenvalue weighted by Gasteiger charge is -2.26. The van der Waals surface area contributed by atoms with Gasteiger partial charge in [0.25, 0.3) is 0 Å². The molecule has 2 aromatic carbocycles. The van der Waals surface area contributed by atoms with Gasteiger partial charge in [0.2, 0.25) is 0 Å². The van der Waals surface area contributed by atoms with Crippen molar-refractivity contribution in [3.05, 3.63) is 108 Å². The summed E-state index contributed by atoms with van der Waals surface area (Å²) in [5, 5.41) is 12.7. The molecule has 0 radical (unpaired) electrons. The van der Waals surface area contributed by atoms with Crippen LogP contribution in [-0.4, -0.2) is 26.1 Å². The zero-order chi connectivity index (χ0) is 19.5. The first-order chi connectivity index (χ1) is 14.4. The molecule has 142 valence electrons. The van der Waals surface area contributed by atoms with Crippen LogP contribution in [0.4, 0.5) is 0 Å². The molecular weight excluding hydrogens is 358 g/mol. The van der Waals surface area contributed by atoms with E-state index in [-0.39, 0.29) is 0 Å². The summed E-state index contributed by atoms with van der Waals surface area (Å²) in [6.07, 6.45) is 5.57. The van der Waals surface area contributed by atoms with Gasteiger partial charge in [0.1, 0.15) is 6.33 Å². The molecule has 1 aliphatic heterocycles. The maximum absolute atomic E-state index is 4.18. The summed E-state index contributed by atoms with van der Waals surface area (Å²) in [6.45, 7) is 1.93. The summed E-state index contributed by atoms with van der Waals surface area (Å²) in [5.74, 6) is 0.395. The molecule has 0 amide bonds. The lowest BCUT2D eigenvalue weighted by molar-refractivity contribution is 0.591. The monoisotopic (exact) mass is 379 g/mol. The second-order valence-corrected chi connectivity index (χ2v) is 7.13. The van der Waals surface area contributed by atoms with Crippen molar-refractivity contribution in [1.82, 2.24) is 24.9 Å². The number of nitrogens with one attached hydrogen (secondary N) is 1. The molecule has 1 aliphatic rings. The summed E-state index contributed by atoms with van der Waals surface area (Å²) in [5.41, 5.74) is 6.07. The lowest BCUT2D eigenvalue weighted by atomic mass is 9.86. The smallest absolute Gasteiger partial charge is 0.160 e. The van der Waals surface area contributed by atoms with Gasteiger partial charge in [-0.05, 0) is 41.0 Å². The van der Waals surface area contributed by atoms with E-state index in [1.54, 1.807) is 6.33 Å². The molecule has 0 fully saturated rings. The number of hydrogen-bond donors (Lipinski definition) is 1. The normalized spacial score (nSPS) is 15.5. The Morgan fingerprint density at radius 1 is 0.931 bits per heavy atom. The number of hydrogen-bond acceptors (Lipinski definition) is 4. The van der Waals surface area contributed by atoms with E-state index in [1.165, 1.54) is 22.1 Å². The molecule has 0 saturated carbocycles. The van der Waals surface area contributed by atoms with Crippen molar-refractivity contribution in [2.75, 3.05) is 6.54 Å². The van der Waals surface area contributed by atoms with Gasteiger partial charge in [-0.3, -0.25) is 9.38 Å². The second kappa shape index (κ2) is 7.81. The zero-order valence-corrected chi connectivity index (χ0v) is 15.9. The van der Waals surface area contributed by atoms with Gasteiger partial charge in [0.15, 0.2) is 5.65 Å². The van der Waals surface area contributed by atoms with Crippen LogP contribution in [0, 0.1) is 0 Å². The minimum absolute atomic E-state index is 0.395. The Balaban J connectivity index is 0.000000153. The molecule has 0 spiro atoms. The van der Waals surface area contributed by atoms with E-state index in [0.717, 1.165) is 24.3 Å². The Morgan fingerprint density at radius 2 is 1.79 bits per heavy atom. The Labute approximate surface area is 169 Å². The first-order valence-corrected chi connectivity index (χ1v) is 9.76. The van der Waals surface area contributed by atoms with E-state index in [0.29, 0.717) is 5.92 Å². The van der Waals surface area contributed by atoms with Crippen LogP contribution >= 0.6 is 0 Å². The van der Waals surface area contributed by atoms with Crippen LogP contribution in [0.2, 0.25) is 0 Å². The standard InChI is InChI=1S/C15H14N4.C9H7N/c1-2-4-13-12(3-1)8-16-9-14(13)11-5-6-19-10-17-18-15(19)7-11;1-2-6-9-8(4-1)5-3-7-10-9/h1-7,10,14,16H,8-9H2;1-7H. The quantitative estimate of drug-likeness (QED) is 0.474.